The molecule has 24 heavy (non-hydrogen) atoms. The molecule has 2 aromatic heterocycles. The zero-order chi connectivity index (χ0) is 16.7. The number of thiophene rings is 1. The van der Waals surface area contributed by atoms with Crippen LogP contribution in [0.4, 0.5) is 0 Å². The van der Waals surface area contributed by atoms with E-state index in [1.54, 1.807) is 6.07 Å². The van der Waals surface area contributed by atoms with Gasteiger partial charge in [0.2, 0.25) is 0 Å². The third-order valence-corrected chi connectivity index (χ3v) is 7.37. The molecular weight excluding hydrogens is 364 g/mol. The molecule has 5 rings (SSSR count). The maximum Gasteiger partial charge on any atom is 0.261 e. The summed E-state index contributed by atoms with van der Waals surface area (Å²) >= 11 is 8.76. The van der Waals surface area contributed by atoms with Crippen molar-refractivity contribution in [2.24, 2.45) is 5.92 Å². The lowest BCUT2D eigenvalue weighted by molar-refractivity contribution is 0.0218. The molecule has 0 aliphatic carbocycles. The Kier molecular flexibility index (Phi) is 4.64. The number of carbonyl (C=O) groups is 1. The van der Waals surface area contributed by atoms with Crippen molar-refractivity contribution in [3.63, 3.8) is 0 Å². The standard InChI is InChI=1S/C17H19ClN2O2S2/c1-10-16(11-6-8-20(10)9-7-11)19-17(21)12-2-5-15(23-12)24-14-4-3-13(18)22-14/h2-5,10-11,16H,6-9H2,1H3,(H,19,21). The molecule has 3 aliphatic rings. The lowest BCUT2D eigenvalue weighted by atomic mass is 9.79. The van der Waals surface area contributed by atoms with Gasteiger partial charge in [-0.1, -0.05) is 0 Å². The SMILES string of the molecule is CC1C(NC(=O)c2ccc(Sc3ccc(Cl)o3)s2)C2CCN1CC2. The van der Waals surface area contributed by atoms with Crippen LogP contribution >= 0.6 is 34.7 Å². The van der Waals surface area contributed by atoms with Gasteiger partial charge in [0, 0.05) is 12.1 Å². The Hall–Kier alpha value is -0.950. The number of halogens is 1. The van der Waals surface area contributed by atoms with E-state index in [0.717, 1.165) is 14.2 Å². The second-order valence-corrected chi connectivity index (χ2v) is 9.15. The second kappa shape index (κ2) is 6.75. The first-order valence-corrected chi connectivity index (χ1v) is 10.2. The molecule has 1 N–H and O–H groups in total. The van der Waals surface area contributed by atoms with Crippen molar-refractivity contribution < 1.29 is 9.21 Å². The van der Waals surface area contributed by atoms with Crippen LogP contribution in [0, 0.1) is 5.92 Å². The fourth-order valence-electron chi connectivity index (χ4n) is 3.72. The highest BCUT2D eigenvalue weighted by Crippen LogP contribution is 2.36. The lowest BCUT2D eigenvalue weighted by Gasteiger charge is -2.49. The summed E-state index contributed by atoms with van der Waals surface area (Å²) in [5.41, 5.74) is 0. The van der Waals surface area contributed by atoms with Gasteiger partial charge in [-0.05, 0) is 86.4 Å². The summed E-state index contributed by atoms with van der Waals surface area (Å²) in [6.07, 6.45) is 2.39. The minimum Gasteiger partial charge on any atom is -0.438 e. The fourth-order valence-corrected chi connectivity index (χ4v) is 5.83. The molecule has 2 atom stereocenters. The highest BCUT2D eigenvalue weighted by atomic mass is 35.5. The van der Waals surface area contributed by atoms with E-state index in [4.69, 9.17) is 16.0 Å². The molecule has 1 amide bonds. The molecule has 5 heterocycles. The van der Waals surface area contributed by atoms with Crippen LogP contribution in [-0.4, -0.2) is 36.0 Å². The van der Waals surface area contributed by atoms with Gasteiger partial charge in [0.1, 0.15) is 0 Å². The number of hydrogen-bond donors (Lipinski definition) is 1. The number of nitrogens with zero attached hydrogens (tertiary/aromatic N) is 1. The van der Waals surface area contributed by atoms with Gasteiger partial charge in [0.05, 0.1) is 9.09 Å². The molecule has 2 bridgehead atoms. The molecule has 3 saturated heterocycles. The molecule has 0 aromatic carbocycles. The second-order valence-electron chi connectivity index (χ2n) is 6.39. The first-order valence-electron chi connectivity index (χ1n) is 8.18. The number of furan rings is 1. The molecule has 3 aliphatic heterocycles. The van der Waals surface area contributed by atoms with Crippen LogP contribution < -0.4 is 5.32 Å². The van der Waals surface area contributed by atoms with Gasteiger partial charge in [0.15, 0.2) is 10.3 Å². The van der Waals surface area contributed by atoms with Gasteiger partial charge in [-0.3, -0.25) is 9.69 Å². The Labute approximate surface area is 154 Å². The topological polar surface area (TPSA) is 45.5 Å². The van der Waals surface area contributed by atoms with Gasteiger partial charge in [0.25, 0.3) is 5.91 Å². The molecule has 3 fully saturated rings. The monoisotopic (exact) mass is 382 g/mol. The third kappa shape index (κ3) is 3.25. The third-order valence-electron chi connectivity index (χ3n) is 5.03. The van der Waals surface area contributed by atoms with Gasteiger partial charge >= 0.3 is 0 Å². The predicted molar refractivity (Wildman–Crippen MR) is 97.2 cm³/mol. The number of hydrogen-bond acceptors (Lipinski definition) is 5. The first-order chi connectivity index (χ1) is 11.6. The highest BCUT2D eigenvalue weighted by Gasteiger charge is 2.40. The number of fused-ring (bicyclic) bond motifs is 3. The summed E-state index contributed by atoms with van der Waals surface area (Å²) in [4.78, 5) is 15.9. The molecule has 2 unspecified atom stereocenters. The van der Waals surface area contributed by atoms with E-state index >= 15 is 0 Å². The van der Waals surface area contributed by atoms with E-state index in [1.165, 1.54) is 49.0 Å². The van der Waals surface area contributed by atoms with Gasteiger partial charge in [-0.15, -0.1) is 11.3 Å². The Balaban J connectivity index is 1.41. The van der Waals surface area contributed by atoms with Crippen LogP contribution in [0.5, 0.6) is 0 Å². The van der Waals surface area contributed by atoms with E-state index in [9.17, 15) is 4.79 Å². The van der Waals surface area contributed by atoms with Crippen LogP contribution in [0.15, 0.2) is 38.0 Å². The van der Waals surface area contributed by atoms with Gasteiger partial charge < -0.3 is 9.73 Å². The minimum atomic E-state index is 0.0370. The number of rotatable bonds is 4. The quantitative estimate of drug-likeness (QED) is 0.853. The summed E-state index contributed by atoms with van der Waals surface area (Å²) in [7, 11) is 0. The molecule has 2 aromatic rings. The van der Waals surface area contributed by atoms with E-state index in [2.05, 4.69) is 17.1 Å². The van der Waals surface area contributed by atoms with Crippen molar-refractivity contribution in [1.29, 1.82) is 0 Å². The van der Waals surface area contributed by atoms with Crippen LogP contribution in [0.25, 0.3) is 0 Å². The van der Waals surface area contributed by atoms with Crippen molar-refractivity contribution >= 4 is 40.6 Å². The summed E-state index contributed by atoms with van der Waals surface area (Å²) in [6.45, 7) is 4.57. The zero-order valence-corrected chi connectivity index (χ0v) is 15.7. The lowest BCUT2D eigenvalue weighted by Crippen LogP contribution is -2.62. The molecule has 0 spiro atoms. The summed E-state index contributed by atoms with van der Waals surface area (Å²) in [5, 5.41) is 4.39. The van der Waals surface area contributed by atoms with Crippen molar-refractivity contribution in [3.05, 3.63) is 34.4 Å². The molecule has 0 saturated carbocycles. The molecular formula is C17H19ClN2O2S2. The zero-order valence-electron chi connectivity index (χ0n) is 13.3. The first kappa shape index (κ1) is 16.5. The molecule has 128 valence electrons. The van der Waals surface area contributed by atoms with Crippen LogP contribution in [0.1, 0.15) is 29.4 Å². The van der Waals surface area contributed by atoms with Crippen LogP contribution in [-0.2, 0) is 0 Å². The maximum atomic E-state index is 12.6. The van der Waals surface area contributed by atoms with E-state index in [0.29, 0.717) is 17.2 Å². The van der Waals surface area contributed by atoms with Crippen molar-refractivity contribution in [2.75, 3.05) is 13.1 Å². The van der Waals surface area contributed by atoms with Crippen molar-refractivity contribution in [3.8, 4) is 0 Å². The van der Waals surface area contributed by atoms with E-state index in [-0.39, 0.29) is 11.9 Å². The Bertz CT molecular complexity index is 735. The number of piperidine rings is 3. The van der Waals surface area contributed by atoms with Crippen LogP contribution in [0.2, 0.25) is 5.22 Å². The normalized spacial score (nSPS) is 28.9. The summed E-state index contributed by atoms with van der Waals surface area (Å²) in [6, 6.07) is 8.10. The van der Waals surface area contributed by atoms with Crippen LogP contribution in [0.3, 0.4) is 0 Å². The maximum absolute atomic E-state index is 12.6. The van der Waals surface area contributed by atoms with E-state index < -0.39 is 0 Å². The summed E-state index contributed by atoms with van der Waals surface area (Å²) in [5.74, 6) is 0.656. The Morgan fingerprint density at radius 3 is 2.79 bits per heavy atom. The average molecular weight is 383 g/mol. The Morgan fingerprint density at radius 1 is 1.33 bits per heavy atom. The summed E-state index contributed by atoms with van der Waals surface area (Å²) < 4.78 is 6.38. The van der Waals surface area contributed by atoms with Crippen molar-refractivity contribution in [2.45, 2.75) is 41.2 Å². The minimum absolute atomic E-state index is 0.0370. The number of nitrogens with one attached hydrogen (secondary N) is 1. The van der Waals surface area contributed by atoms with Gasteiger partial charge in [-0.25, -0.2) is 0 Å². The highest BCUT2D eigenvalue weighted by molar-refractivity contribution is 8.01. The molecule has 7 heteroatoms. The fraction of sp³-hybridized carbons (Fsp3) is 0.471. The number of carbonyl (C=O) groups excluding carboxylic acids is 1. The largest absolute Gasteiger partial charge is 0.438 e. The predicted octanol–water partition coefficient (Wildman–Crippen LogP) is 4.36. The smallest absolute Gasteiger partial charge is 0.261 e. The van der Waals surface area contributed by atoms with E-state index in [1.807, 2.05) is 18.2 Å². The molecule has 4 nitrogen and oxygen atoms in total. The molecule has 0 radical (unpaired) electrons. The Morgan fingerprint density at radius 2 is 2.12 bits per heavy atom. The number of amides is 1. The van der Waals surface area contributed by atoms with Gasteiger partial charge in [-0.2, -0.15) is 0 Å². The average Bonchev–Trinajstić information content (AvgIpc) is 3.21. The van der Waals surface area contributed by atoms with Crippen molar-refractivity contribution in [1.82, 2.24) is 10.2 Å².